The number of rotatable bonds is 3. The van der Waals surface area contributed by atoms with E-state index in [9.17, 15) is 14.4 Å². The average molecular weight is 327 g/mol. The first-order valence-electron chi connectivity index (χ1n) is 7.58. The molecule has 2 aliphatic heterocycles. The molecule has 24 heavy (non-hydrogen) atoms. The first-order chi connectivity index (χ1) is 11.6. The Morgan fingerprint density at radius 1 is 1.25 bits per heavy atom. The SMILES string of the molecule is COC(=O)C1=CNC2=C(C(=O)Nc3ccccc3)CCCN2C1=O. The third-order valence-corrected chi connectivity index (χ3v) is 3.90. The molecule has 0 bridgehead atoms. The Morgan fingerprint density at radius 3 is 2.71 bits per heavy atom. The van der Waals surface area contributed by atoms with Crippen LogP contribution in [0.5, 0.6) is 0 Å². The standard InChI is InChI=1S/C17H17N3O4/c1-24-17(23)13-10-18-14-12(8-5-9-20(14)16(13)22)15(21)19-11-6-3-2-4-7-11/h2-4,6-7,10,18H,5,8-9H2,1H3,(H,19,21). The maximum absolute atomic E-state index is 12.5. The van der Waals surface area contributed by atoms with Crippen LogP contribution in [0, 0.1) is 0 Å². The van der Waals surface area contributed by atoms with Gasteiger partial charge in [-0.25, -0.2) is 4.79 Å². The molecular formula is C17H17N3O4. The van der Waals surface area contributed by atoms with Crippen LogP contribution >= 0.6 is 0 Å². The van der Waals surface area contributed by atoms with Gasteiger partial charge in [0, 0.05) is 18.4 Å². The lowest BCUT2D eigenvalue weighted by atomic mass is 10.0. The fraction of sp³-hybridized carbons (Fsp3) is 0.235. The van der Waals surface area contributed by atoms with Crippen molar-refractivity contribution in [2.24, 2.45) is 0 Å². The first-order valence-corrected chi connectivity index (χ1v) is 7.58. The van der Waals surface area contributed by atoms with Crippen LogP contribution in [-0.2, 0) is 19.1 Å². The van der Waals surface area contributed by atoms with Crippen molar-refractivity contribution in [1.29, 1.82) is 0 Å². The molecule has 2 heterocycles. The van der Waals surface area contributed by atoms with Crippen LogP contribution in [0.25, 0.3) is 0 Å². The molecule has 124 valence electrons. The number of para-hydroxylation sites is 1. The number of hydrogen-bond acceptors (Lipinski definition) is 5. The quantitative estimate of drug-likeness (QED) is 0.642. The number of nitrogens with one attached hydrogen (secondary N) is 2. The molecule has 0 spiro atoms. The molecule has 0 fully saturated rings. The number of esters is 1. The number of benzene rings is 1. The number of methoxy groups -OCH3 is 1. The van der Waals surface area contributed by atoms with E-state index in [1.165, 1.54) is 18.2 Å². The van der Waals surface area contributed by atoms with Gasteiger partial charge in [-0.1, -0.05) is 18.2 Å². The van der Waals surface area contributed by atoms with E-state index < -0.39 is 11.9 Å². The fourth-order valence-corrected chi connectivity index (χ4v) is 2.73. The molecule has 1 aromatic carbocycles. The van der Waals surface area contributed by atoms with Gasteiger partial charge in [-0.05, 0) is 25.0 Å². The van der Waals surface area contributed by atoms with Crippen molar-refractivity contribution in [3.05, 3.63) is 53.5 Å². The van der Waals surface area contributed by atoms with Gasteiger partial charge in [0.2, 0.25) is 0 Å². The average Bonchev–Trinajstić information content (AvgIpc) is 2.62. The summed E-state index contributed by atoms with van der Waals surface area (Å²) in [6.45, 7) is 0.442. The second-order valence-corrected chi connectivity index (χ2v) is 5.40. The van der Waals surface area contributed by atoms with Crippen molar-refractivity contribution in [2.75, 3.05) is 19.0 Å². The van der Waals surface area contributed by atoms with Crippen LogP contribution in [0.1, 0.15) is 12.8 Å². The van der Waals surface area contributed by atoms with Gasteiger partial charge in [0.05, 0.1) is 12.7 Å². The van der Waals surface area contributed by atoms with Gasteiger partial charge in [-0.3, -0.25) is 14.5 Å². The van der Waals surface area contributed by atoms with Crippen LogP contribution in [0.2, 0.25) is 0 Å². The van der Waals surface area contributed by atoms with Gasteiger partial charge in [0.15, 0.2) is 0 Å². The van der Waals surface area contributed by atoms with Crippen LogP contribution in [0.4, 0.5) is 5.69 Å². The lowest BCUT2D eigenvalue weighted by molar-refractivity contribution is -0.140. The van der Waals surface area contributed by atoms with E-state index in [1.807, 2.05) is 18.2 Å². The van der Waals surface area contributed by atoms with Gasteiger partial charge >= 0.3 is 5.97 Å². The van der Waals surface area contributed by atoms with E-state index >= 15 is 0 Å². The van der Waals surface area contributed by atoms with Gasteiger partial charge in [0.25, 0.3) is 11.8 Å². The molecule has 0 unspecified atom stereocenters. The topological polar surface area (TPSA) is 87.7 Å². The number of nitrogens with zero attached hydrogens (tertiary/aromatic N) is 1. The van der Waals surface area contributed by atoms with Crippen molar-refractivity contribution in [3.63, 3.8) is 0 Å². The fourth-order valence-electron chi connectivity index (χ4n) is 2.73. The van der Waals surface area contributed by atoms with Crippen LogP contribution in [0.3, 0.4) is 0 Å². The minimum Gasteiger partial charge on any atom is -0.465 e. The predicted molar refractivity (Wildman–Crippen MR) is 86.3 cm³/mol. The van der Waals surface area contributed by atoms with Gasteiger partial charge < -0.3 is 15.4 Å². The number of ether oxygens (including phenoxy) is 1. The summed E-state index contributed by atoms with van der Waals surface area (Å²) in [7, 11) is 1.22. The zero-order chi connectivity index (χ0) is 17.1. The number of fused-ring (bicyclic) bond motifs is 1. The molecule has 7 nitrogen and oxygen atoms in total. The van der Waals surface area contributed by atoms with Gasteiger partial charge in [0.1, 0.15) is 11.4 Å². The van der Waals surface area contributed by atoms with Crippen molar-refractivity contribution < 1.29 is 19.1 Å². The molecule has 3 rings (SSSR count). The van der Waals surface area contributed by atoms with Crippen LogP contribution in [-0.4, -0.2) is 36.3 Å². The molecule has 2 amide bonds. The second kappa shape index (κ2) is 6.57. The molecular weight excluding hydrogens is 310 g/mol. The lowest BCUT2D eigenvalue weighted by Crippen LogP contribution is -2.46. The Bertz CT molecular complexity index is 752. The zero-order valence-electron chi connectivity index (χ0n) is 13.2. The van der Waals surface area contributed by atoms with E-state index in [0.29, 0.717) is 36.5 Å². The summed E-state index contributed by atoms with van der Waals surface area (Å²) in [6, 6.07) is 9.10. The maximum Gasteiger partial charge on any atom is 0.345 e. The third-order valence-electron chi connectivity index (χ3n) is 3.90. The molecule has 0 saturated carbocycles. The highest BCUT2D eigenvalue weighted by Crippen LogP contribution is 2.26. The largest absolute Gasteiger partial charge is 0.465 e. The maximum atomic E-state index is 12.5. The molecule has 7 heteroatoms. The predicted octanol–water partition coefficient (Wildman–Crippen LogP) is 1.12. The summed E-state index contributed by atoms with van der Waals surface area (Å²) in [4.78, 5) is 38.0. The number of hydrogen-bond donors (Lipinski definition) is 2. The zero-order valence-corrected chi connectivity index (χ0v) is 13.2. The molecule has 2 aliphatic rings. The summed E-state index contributed by atoms with van der Waals surface area (Å²) in [6.07, 6.45) is 2.48. The van der Waals surface area contributed by atoms with Crippen LogP contribution in [0.15, 0.2) is 53.5 Å². The lowest BCUT2D eigenvalue weighted by Gasteiger charge is -2.34. The van der Waals surface area contributed by atoms with Crippen molar-refractivity contribution in [1.82, 2.24) is 10.2 Å². The Labute approximate surface area is 139 Å². The summed E-state index contributed by atoms with van der Waals surface area (Å²) in [5.74, 6) is -1.00. The Kier molecular flexibility index (Phi) is 4.33. The number of carbonyl (C=O) groups is 3. The van der Waals surface area contributed by atoms with Crippen molar-refractivity contribution in [3.8, 4) is 0 Å². The highest BCUT2D eigenvalue weighted by atomic mass is 16.5. The van der Waals surface area contributed by atoms with Crippen molar-refractivity contribution in [2.45, 2.75) is 12.8 Å². The highest BCUT2D eigenvalue weighted by Gasteiger charge is 2.35. The van der Waals surface area contributed by atoms with Crippen LogP contribution < -0.4 is 10.6 Å². The Balaban J connectivity index is 1.88. The summed E-state index contributed by atoms with van der Waals surface area (Å²) in [5, 5.41) is 5.71. The summed E-state index contributed by atoms with van der Waals surface area (Å²) >= 11 is 0. The number of anilines is 1. The third kappa shape index (κ3) is 2.88. The van der Waals surface area contributed by atoms with Crippen molar-refractivity contribution >= 4 is 23.5 Å². The number of amides is 2. The first kappa shape index (κ1) is 15.8. The molecule has 0 saturated heterocycles. The van der Waals surface area contributed by atoms with E-state index in [1.54, 1.807) is 12.1 Å². The van der Waals surface area contributed by atoms with Gasteiger partial charge in [-0.15, -0.1) is 0 Å². The highest BCUT2D eigenvalue weighted by molar-refractivity contribution is 6.17. The van der Waals surface area contributed by atoms with E-state index in [0.717, 1.165) is 0 Å². The van der Waals surface area contributed by atoms with E-state index in [4.69, 9.17) is 0 Å². The molecule has 0 radical (unpaired) electrons. The monoisotopic (exact) mass is 327 g/mol. The summed E-state index contributed by atoms with van der Waals surface area (Å²) in [5.41, 5.74) is 1.09. The molecule has 2 N–H and O–H groups in total. The summed E-state index contributed by atoms with van der Waals surface area (Å²) < 4.78 is 4.60. The molecule has 0 aromatic heterocycles. The normalized spacial score (nSPS) is 16.8. The van der Waals surface area contributed by atoms with E-state index in [-0.39, 0.29) is 11.5 Å². The molecule has 0 aliphatic carbocycles. The Morgan fingerprint density at radius 2 is 2.00 bits per heavy atom. The van der Waals surface area contributed by atoms with Gasteiger partial charge in [-0.2, -0.15) is 0 Å². The Hall–Kier alpha value is -3.09. The number of carbonyl (C=O) groups excluding carboxylic acids is 3. The minimum atomic E-state index is -0.701. The molecule has 1 aromatic rings. The molecule has 0 atom stereocenters. The second-order valence-electron chi connectivity index (χ2n) is 5.40. The smallest absolute Gasteiger partial charge is 0.345 e. The van der Waals surface area contributed by atoms with E-state index in [2.05, 4.69) is 15.4 Å². The minimum absolute atomic E-state index is 0.0778.